The Bertz CT molecular complexity index is 457. The molecule has 0 N–H and O–H groups in total. The van der Waals surface area contributed by atoms with Gasteiger partial charge in [0.1, 0.15) is 0 Å². The van der Waals surface area contributed by atoms with Gasteiger partial charge in [-0.3, -0.25) is 9.69 Å². The van der Waals surface area contributed by atoms with Gasteiger partial charge in [0.05, 0.1) is 0 Å². The van der Waals surface area contributed by atoms with E-state index in [1.807, 2.05) is 11.3 Å². The number of hydrogen-bond acceptors (Lipinski definition) is 3. The fraction of sp³-hybridized carbons (Fsp3) is 0.688. The fourth-order valence-corrected chi connectivity index (χ4v) is 4.25. The number of thiophene rings is 1. The highest BCUT2D eigenvalue weighted by atomic mass is 32.1. The molecule has 2 saturated heterocycles. The van der Waals surface area contributed by atoms with Crippen LogP contribution in [0.3, 0.4) is 0 Å². The van der Waals surface area contributed by atoms with Crippen molar-refractivity contribution < 1.29 is 4.79 Å². The molecule has 20 heavy (non-hydrogen) atoms. The average Bonchev–Trinajstić information content (AvgIpc) is 3.12. The Hall–Kier alpha value is -0.870. The number of nitrogens with zero attached hydrogens (tertiary/aromatic N) is 2. The van der Waals surface area contributed by atoms with Gasteiger partial charge in [0.25, 0.3) is 0 Å². The molecule has 2 fully saturated rings. The molecule has 1 aromatic heterocycles. The summed E-state index contributed by atoms with van der Waals surface area (Å²) >= 11 is 1.85. The number of hydrogen-bond donors (Lipinski definition) is 0. The molecule has 4 heteroatoms. The van der Waals surface area contributed by atoms with Crippen molar-refractivity contribution in [3.63, 3.8) is 0 Å². The molecular formula is C16H24N2OS. The van der Waals surface area contributed by atoms with Crippen LogP contribution in [0, 0.1) is 12.8 Å². The van der Waals surface area contributed by atoms with Crippen LogP contribution in [0.25, 0.3) is 0 Å². The molecule has 3 rings (SSSR count). The molecule has 3 heterocycles. The second-order valence-electron chi connectivity index (χ2n) is 6.11. The number of carbonyl (C=O) groups is 1. The zero-order valence-corrected chi connectivity index (χ0v) is 13.1. The van der Waals surface area contributed by atoms with Crippen LogP contribution in [0.2, 0.25) is 0 Å². The predicted octanol–water partition coefficient (Wildman–Crippen LogP) is 2.89. The van der Waals surface area contributed by atoms with E-state index in [0.717, 1.165) is 45.6 Å². The van der Waals surface area contributed by atoms with E-state index in [9.17, 15) is 4.79 Å². The lowest BCUT2D eigenvalue weighted by molar-refractivity contribution is -0.136. The van der Waals surface area contributed by atoms with Crippen molar-refractivity contribution in [3.05, 3.63) is 21.9 Å². The Balaban J connectivity index is 1.49. The lowest BCUT2D eigenvalue weighted by atomic mass is 9.95. The first-order valence-electron chi connectivity index (χ1n) is 7.78. The molecule has 0 spiro atoms. The van der Waals surface area contributed by atoms with Gasteiger partial charge in [0.15, 0.2) is 0 Å². The number of likely N-dealkylation sites (tertiary alicyclic amines) is 2. The summed E-state index contributed by atoms with van der Waals surface area (Å²) < 4.78 is 0. The molecule has 0 unspecified atom stereocenters. The zero-order chi connectivity index (χ0) is 13.9. The van der Waals surface area contributed by atoms with E-state index >= 15 is 0 Å². The quantitative estimate of drug-likeness (QED) is 0.855. The molecule has 0 radical (unpaired) electrons. The highest BCUT2D eigenvalue weighted by Gasteiger charge is 2.29. The number of rotatable bonds is 3. The van der Waals surface area contributed by atoms with Gasteiger partial charge in [-0.15, -0.1) is 11.3 Å². The molecule has 0 saturated carbocycles. The van der Waals surface area contributed by atoms with E-state index in [0.29, 0.717) is 5.91 Å². The van der Waals surface area contributed by atoms with Crippen molar-refractivity contribution in [2.24, 2.45) is 5.92 Å². The number of carbonyl (C=O) groups excluding carboxylic acids is 1. The maximum atomic E-state index is 12.4. The molecule has 0 atom stereocenters. The highest BCUT2D eigenvalue weighted by Crippen LogP contribution is 2.25. The third kappa shape index (κ3) is 3.07. The van der Waals surface area contributed by atoms with Crippen molar-refractivity contribution in [3.8, 4) is 0 Å². The van der Waals surface area contributed by atoms with Crippen LogP contribution in [0.5, 0.6) is 0 Å². The van der Waals surface area contributed by atoms with E-state index in [2.05, 4.69) is 28.2 Å². The van der Waals surface area contributed by atoms with E-state index in [1.165, 1.54) is 23.3 Å². The molecule has 110 valence electrons. The number of piperidine rings is 1. The minimum absolute atomic E-state index is 0.286. The Kier molecular flexibility index (Phi) is 4.41. The first kappa shape index (κ1) is 14.1. The summed E-state index contributed by atoms with van der Waals surface area (Å²) in [5.74, 6) is 0.711. The molecule has 0 aromatic carbocycles. The maximum absolute atomic E-state index is 12.4. The summed E-state index contributed by atoms with van der Waals surface area (Å²) in [6.45, 7) is 7.38. The smallest absolute Gasteiger partial charge is 0.225 e. The van der Waals surface area contributed by atoms with E-state index < -0.39 is 0 Å². The molecule has 0 aliphatic carbocycles. The summed E-state index contributed by atoms with van der Waals surface area (Å²) in [5.41, 5.74) is 1.41. The summed E-state index contributed by atoms with van der Waals surface area (Å²) in [4.78, 5) is 18.5. The molecule has 3 nitrogen and oxygen atoms in total. The molecular weight excluding hydrogens is 268 g/mol. The Morgan fingerprint density at radius 2 is 1.95 bits per heavy atom. The van der Waals surface area contributed by atoms with Crippen LogP contribution in [-0.4, -0.2) is 41.9 Å². The molecule has 0 bridgehead atoms. The minimum Gasteiger partial charge on any atom is -0.342 e. The van der Waals surface area contributed by atoms with Gasteiger partial charge >= 0.3 is 0 Å². The van der Waals surface area contributed by atoms with Crippen LogP contribution in [-0.2, 0) is 11.3 Å². The average molecular weight is 292 g/mol. The number of aryl methyl sites for hydroxylation is 1. The van der Waals surface area contributed by atoms with Gasteiger partial charge in [0.2, 0.25) is 5.91 Å². The van der Waals surface area contributed by atoms with E-state index in [1.54, 1.807) is 0 Å². The lowest BCUT2D eigenvalue weighted by Gasteiger charge is -2.33. The minimum atomic E-state index is 0.286. The van der Waals surface area contributed by atoms with Crippen molar-refractivity contribution in [1.82, 2.24) is 9.80 Å². The van der Waals surface area contributed by atoms with Gasteiger partial charge < -0.3 is 4.90 Å². The predicted molar refractivity (Wildman–Crippen MR) is 82.9 cm³/mol. The first-order valence-corrected chi connectivity index (χ1v) is 8.66. The van der Waals surface area contributed by atoms with E-state index in [-0.39, 0.29) is 5.92 Å². The second kappa shape index (κ2) is 6.27. The molecule has 1 aromatic rings. The van der Waals surface area contributed by atoms with Gasteiger partial charge in [0, 0.05) is 30.4 Å². The molecule has 2 aliphatic rings. The summed E-state index contributed by atoms with van der Waals surface area (Å²) in [6.07, 6.45) is 4.48. The summed E-state index contributed by atoms with van der Waals surface area (Å²) in [6, 6.07) is 2.20. The van der Waals surface area contributed by atoms with Gasteiger partial charge in [-0.05, 0) is 62.7 Å². The van der Waals surface area contributed by atoms with Crippen LogP contribution in [0.4, 0.5) is 0 Å². The SMILES string of the molecule is Cc1ccsc1CN1CCC(C(=O)N2CCCC2)CC1. The van der Waals surface area contributed by atoms with Crippen molar-refractivity contribution in [2.45, 2.75) is 39.2 Å². The highest BCUT2D eigenvalue weighted by molar-refractivity contribution is 7.10. The Morgan fingerprint density at radius 1 is 1.25 bits per heavy atom. The monoisotopic (exact) mass is 292 g/mol. The van der Waals surface area contributed by atoms with Gasteiger partial charge in [-0.2, -0.15) is 0 Å². The van der Waals surface area contributed by atoms with E-state index in [4.69, 9.17) is 0 Å². The summed E-state index contributed by atoms with van der Waals surface area (Å²) in [5, 5.41) is 2.17. The lowest BCUT2D eigenvalue weighted by Crippen LogP contribution is -2.41. The standard InChI is InChI=1S/C16H24N2OS/c1-13-6-11-20-15(13)12-17-9-4-14(5-10-17)16(19)18-7-2-3-8-18/h6,11,14H,2-5,7-10,12H2,1H3. The number of amides is 1. The zero-order valence-electron chi connectivity index (χ0n) is 12.3. The third-order valence-electron chi connectivity index (χ3n) is 4.69. The third-order valence-corrected chi connectivity index (χ3v) is 5.70. The topological polar surface area (TPSA) is 23.6 Å². The maximum Gasteiger partial charge on any atom is 0.225 e. The van der Waals surface area contributed by atoms with Crippen LogP contribution < -0.4 is 0 Å². The van der Waals surface area contributed by atoms with Crippen molar-refractivity contribution >= 4 is 17.2 Å². The van der Waals surface area contributed by atoms with Gasteiger partial charge in [-0.1, -0.05) is 0 Å². The fourth-order valence-electron chi connectivity index (χ4n) is 3.30. The Labute approximate surface area is 125 Å². The van der Waals surface area contributed by atoms with Crippen LogP contribution >= 0.6 is 11.3 Å². The Morgan fingerprint density at radius 3 is 2.55 bits per heavy atom. The first-order chi connectivity index (χ1) is 9.74. The molecule has 2 aliphatic heterocycles. The van der Waals surface area contributed by atoms with Gasteiger partial charge in [-0.25, -0.2) is 0 Å². The summed E-state index contributed by atoms with van der Waals surface area (Å²) in [7, 11) is 0. The largest absolute Gasteiger partial charge is 0.342 e. The van der Waals surface area contributed by atoms with Crippen LogP contribution in [0.15, 0.2) is 11.4 Å². The van der Waals surface area contributed by atoms with Crippen molar-refractivity contribution in [2.75, 3.05) is 26.2 Å². The van der Waals surface area contributed by atoms with Crippen LogP contribution in [0.1, 0.15) is 36.1 Å². The normalized spacial score (nSPS) is 21.6. The molecule has 1 amide bonds. The van der Waals surface area contributed by atoms with Crippen molar-refractivity contribution in [1.29, 1.82) is 0 Å². The second-order valence-corrected chi connectivity index (χ2v) is 7.11.